The molecule has 4 aromatic rings. The highest BCUT2D eigenvalue weighted by Crippen LogP contribution is 2.30. The first kappa shape index (κ1) is 20.0. The zero-order valence-corrected chi connectivity index (χ0v) is 18.7. The molecule has 0 aliphatic carbocycles. The molecule has 0 spiro atoms. The molecule has 0 aliphatic rings. The third-order valence-electron chi connectivity index (χ3n) is 6.10. The lowest BCUT2D eigenvalue weighted by molar-refractivity contribution is 1.17. The molecule has 4 rings (SSSR count). The van der Waals surface area contributed by atoms with Crippen molar-refractivity contribution < 1.29 is 0 Å². The van der Waals surface area contributed by atoms with E-state index in [2.05, 4.69) is 102 Å². The van der Waals surface area contributed by atoms with Crippen molar-refractivity contribution >= 4 is 0 Å². The quantitative estimate of drug-likeness (QED) is 0.365. The van der Waals surface area contributed by atoms with Gasteiger partial charge in [0.1, 0.15) is 0 Å². The number of hydrogen-bond acceptors (Lipinski definition) is 2. The minimum atomic E-state index is 0.766. The van der Waals surface area contributed by atoms with Gasteiger partial charge in [0.2, 0.25) is 0 Å². The van der Waals surface area contributed by atoms with Gasteiger partial charge in [-0.25, -0.2) is 9.97 Å². The van der Waals surface area contributed by atoms with Crippen LogP contribution in [0.1, 0.15) is 33.4 Å². The lowest BCUT2D eigenvalue weighted by atomic mass is 10.0. The fourth-order valence-corrected chi connectivity index (χ4v) is 3.55. The van der Waals surface area contributed by atoms with Crippen LogP contribution in [0.5, 0.6) is 0 Å². The van der Waals surface area contributed by atoms with E-state index in [9.17, 15) is 0 Å². The molecule has 2 heteroatoms. The van der Waals surface area contributed by atoms with Crippen LogP contribution in [0.25, 0.3) is 33.9 Å². The van der Waals surface area contributed by atoms with Gasteiger partial charge < -0.3 is 0 Å². The molecule has 0 unspecified atom stereocenters. The van der Waals surface area contributed by atoms with Crippen molar-refractivity contribution in [1.29, 1.82) is 0 Å². The molecule has 30 heavy (non-hydrogen) atoms. The van der Waals surface area contributed by atoms with Crippen LogP contribution in [-0.2, 0) is 0 Å². The third kappa shape index (κ3) is 3.91. The summed E-state index contributed by atoms with van der Waals surface area (Å²) in [5.41, 5.74) is 12.8. The maximum atomic E-state index is 4.97. The normalized spacial score (nSPS) is 11.0. The highest BCUT2D eigenvalue weighted by molar-refractivity contribution is 5.73. The second-order valence-electron chi connectivity index (χ2n) is 8.36. The van der Waals surface area contributed by atoms with Crippen LogP contribution < -0.4 is 0 Å². The minimum Gasteiger partial charge on any atom is -0.228 e. The number of rotatable bonds is 3. The van der Waals surface area contributed by atoms with Gasteiger partial charge in [0.25, 0.3) is 0 Å². The Kier molecular flexibility index (Phi) is 5.26. The smallest absolute Gasteiger partial charge is 0.160 e. The number of aryl methyl sites for hydroxylation is 6. The number of aromatic nitrogens is 2. The molecule has 0 aliphatic heterocycles. The summed E-state index contributed by atoms with van der Waals surface area (Å²) in [5.74, 6) is 0.766. The topological polar surface area (TPSA) is 25.8 Å². The summed E-state index contributed by atoms with van der Waals surface area (Å²) in [6.45, 7) is 12.8. The molecule has 0 saturated heterocycles. The average Bonchev–Trinajstić information content (AvgIpc) is 2.73. The lowest BCUT2D eigenvalue weighted by Gasteiger charge is -2.12. The van der Waals surface area contributed by atoms with E-state index in [-0.39, 0.29) is 0 Å². The zero-order valence-electron chi connectivity index (χ0n) is 18.7. The zero-order chi connectivity index (χ0) is 21.4. The van der Waals surface area contributed by atoms with Crippen molar-refractivity contribution in [1.82, 2.24) is 9.97 Å². The summed E-state index contributed by atoms with van der Waals surface area (Å²) in [6, 6.07) is 21.6. The maximum absolute atomic E-state index is 4.97. The summed E-state index contributed by atoms with van der Waals surface area (Å²) in [7, 11) is 0. The molecule has 3 aromatic carbocycles. The Bertz CT molecular complexity index is 1080. The molecule has 0 atom stereocenters. The predicted molar refractivity (Wildman–Crippen MR) is 127 cm³/mol. The van der Waals surface area contributed by atoms with E-state index in [0.29, 0.717) is 0 Å². The highest BCUT2D eigenvalue weighted by Gasteiger charge is 2.12. The fraction of sp³-hybridized carbons (Fsp3) is 0.214. The van der Waals surface area contributed by atoms with E-state index >= 15 is 0 Å². The fourth-order valence-electron chi connectivity index (χ4n) is 3.55. The lowest BCUT2D eigenvalue weighted by Crippen LogP contribution is -1.97. The number of benzene rings is 3. The van der Waals surface area contributed by atoms with E-state index in [4.69, 9.17) is 9.97 Å². The summed E-state index contributed by atoms with van der Waals surface area (Å²) < 4.78 is 0. The van der Waals surface area contributed by atoms with Gasteiger partial charge in [-0.1, -0.05) is 36.4 Å². The van der Waals surface area contributed by atoms with Crippen LogP contribution in [0.2, 0.25) is 0 Å². The van der Waals surface area contributed by atoms with E-state index < -0.39 is 0 Å². The molecule has 0 fully saturated rings. The molecular formula is C28H28N2. The largest absolute Gasteiger partial charge is 0.228 e. The summed E-state index contributed by atoms with van der Waals surface area (Å²) in [4.78, 5) is 9.94. The van der Waals surface area contributed by atoms with Crippen LogP contribution in [0.4, 0.5) is 0 Å². The molecule has 0 N–H and O–H groups in total. The first-order valence-corrected chi connectivity index (χ1v) is 10.4. The average molecular weight is 393 g/mol. The first-order valence-electron chi connectivity index (χ1n) is 10.4. The van der Waals surface area contributed by atoms with Gasteiger partial charge >= 0.3 is 0 Å². The van der Waals surface area contributed by atoms with E-state index in [0.717, 1.165) is 33.9 Å². The van der Waals surface area contributed by atoms with Gasteiger partial charge in [-0.2, -0.15) is 0 Å². The molecule has 0 bridgehead atoms. The summed E-state index contributed by atoms with van der Waals surface area (Å²) in [6.07, 6.45) is 0. The van der Waals surface area contributed by atoms with Crippen LogP contribution in [0.3, 0.4) is 0 Å². The van der Waals surface area contributed by atoms with Gasteiger partial charge in [0, 0.05) is 16.7 Å². The van der Waals surface area contributed by atoms with Crippen LogP contribution in [-0.4, -0.2) is 9.97 Å². The van der Waals surface area contributed by atoms with Crippen LogP contribution >= 0.6 is 0 Å². The van der Waals surface area contributed by atoms with E-state index in [1.165, 1.54) is 33.4 Å². The second kappa shape index (κ2) is 7.87. The van der Waals surface area contributed by atoms with E-state index in [1.54, 1.807) is 0 Å². The Morgan fingerprint density at radius 1 is 0.400 bits per heavy atom. The SMILES string of the molecule is Cc1ccc(-c2cc(-c3ccc(C)c(C)c3)nc(-c3ccc(C)c(C)c3)n2)cc1C. The van der Waals surface area contributed by atoms with Gasteiger partial charge in [-0.05, 0) is 99.2 Å². The summed E-state index contributed by atoms with van der Waals surface area (Å²) >= 11 is 0. The first-order chi connectivity index (χ1) is 14.3. The molecule has 2 nitrogen and oxygen atoms in total. The summed E-state index contributed by atoms with van der Waals surface area (Å²) in [5, 5.41) is 0. The molecule has 1 aromatic heterocycles. The molecule has 0 radical (unpaired) electrons. The predicted octanol–water partition coefficient (Wildman–Crippen LogP) is 7.33. The number of nitrogens with zero attached hydrogens (tertiary/aromatic N) is 2. The van der Waals surface area contributed by atoms with Gasteiger partial charge in [-0.15, -0.1) is 0 Å². The third-order valence-corrected chi connectivity index (χ3v) is 6.10. The standard InChI is InChI=1S/C28H28N2/c1-17-7-10-23(13-20(17)4)26-16-27(24-11-8-18(2)21(5)14-24)30-28(29-26)25-12-9-19(3)22(6)15-25/h7-16H,1-6H3. The Morgan fingerprint density at radius 3 is 1.17 bits per heavy atom. The molecular weight excluding hydrogens is 364 g/mol. The highest BCUT2D eigenvalue weighted by atomic mass is 14.9. The number of hydrogen-bond donors (Lipinski definition) is 0. The van der Waals surface area contributed by atoms with Crippen molar-refractivity contribution in [2.75, 3.05) is 0 Å². The Balaban J connectivity index is 1.94. The van der Waals surface area contributed by atoms with E-state index in [1.807, 2.05) is 0 Å². The van der Waals surface area contributed by atoms with Crippen molar-refractivity contribution in [2.45, 2.75) is 41.5 Å². The monoisotopic (exact) mass is 392 g/mol. The van der Waals surface area contributed by atoms with Crippen molar-refractivity contribution in [3.05, 3.63) is 94.0 Å². The maximum Gasteiger partial charge on any atom is 0.160 e. The van der Waals surface area contributed by atoms with Gasteiger partial charge in [0.05, 0.1) is 11.4 Å². The molecule has 0 saturated carbocycles. The Labute approximate surface area is 179 Å². The van der Waals surface area contributed by atoms with Crippen LogP contribution in [0, 0.1) is 41.5 Å². The van der Waals surface area contributed by atoms with Crippen molar-refractivity contribution in [2.24, 2.45) is 0 Å². The molecule has 1 heterocycles. The second-order valence-corrected chi connectivity index (χ2v) is 8.36. The molecule has 150 valence electrons. The Hall–Kier alpha value is -3.26. The van der Waals surface area contributed by atoms with Crippen LogP contribution in [0.15, 0.2) is 60.7 Å². The van der Waals surface area contributed by atoms with Crippen molar-refractivity contribution in [3.63, 3.8) is 0 Å². The minimum absolute atomic E-state index is 0.766. The van der Waals surface area contributed by atoms with Gasteiger partial charge in [0.15, 0.2) is 5.82 Å². The molecule has 0 amide bonds. The Morgan fingerprint density at radius 2 is 0.767 bits per heavy atom. The van der Waals surface area contributed by atoms with Gasteiger partial charge in [-0.3, -0.25) is 0 Å². The van der Waals surface area contributed by atoms with Crippen molar-refractivity contribution in [3.8, 4) is 33.9 Å².